The molecule has 0 aliphatic rings. The molecule has 0 spiro atoms. The smallest absolute Gasteiger partial charge is 0.790 e. The second kappa shape index (κ2) is 6.55. The Balaban J connectivity index is -0.000000500. The fourth-order valence-electron chi connectivity index (χ4n) is 0.253. The van der Waals surface area contributed by atoms with E-state index >= 15 is 0 Å². The van der Waals surface area contributed by atoms with Gasteiger partial charge < -0.3 is 18.9 Å². The number of phosphoric acid groups is 1. The topological polar surface area (TPSA) is 72.4 Å². The standard InChI is InChI=1S/C3H6F3O4P.2Li/c1-2(3(4,5)6)10-11(7,8)9;;/h2H,1H3,(H2,7,8,9);;/q;2*+1/p-2. The van der Waals surface area contributed by atoms with Gasteiger partial charge in [0.2, 0.25) is 0 Å². The van der Waals surface area contributed by atoms with Crippen molar-refractivity contribution in [1.82, 2.24) is 0 Å². The third-order valence-electron chi connectivity index (χ3n) is 0.748. The molecule has 0 bridgehead atoms. The number of halogens is 3. The van der Waals surface area contributed by atoms with Gasteiger partial charge in [-0.1, -0.05) is 0 Å². The molecule has 0 fully saturated rings. The number of alkyl halides is 3. The quantitative estimate of drug-likeness (QED) is 0.333. The van der Waals surface area contributed by atoms with Crippen LogP contribution in [-0.2, 0) is 9.09 Å². The number of hydrogen-bond donors (Lipinski definition) is 0. The molecule has 0 aliphatic carbocycles. The summed E-state index contributed by atoms with van der Waals surface area (Å²) in [5.41, 5.74) is 0. The van der Waals surface area contributed by atoms with Gasteiger partial charge in [0.25, 0.3) is 0 Å². The first-order valence-corrected chi connectivity index (χ1v) is 3.86. The van der Waals surface area contributed by atoms with Crippen LogP contribution in [0.4, 0.5) is 13.2 Å². The Kier molecular flexibility index (Phi) is 9.90. The van der Waals surface area contributed by atoms with Crippen LogP contribution in [0.2, 0.25) is 0 Å². The van der Waals surface area contributed by atoms with E-state index in [0.29, 0.717) is 6.92 Å². The molecule has 0 amide bonds. The number of hydrogen-bond acceptors (Lipinski definition) is 4. The molecule has 0 rings (SSSR count). The first kappa shape index (κ1) is 19.6. The summed E-state index contributed by atoms with van der Waals surface area (Å²) in [7, 11) is -5.54. The molecule has 10 heteroatoms. The minimum absolute atomic E-state index is 0. The van der Waals surface area contributed by atoms with Crippen molar-refractivity contribution in [2.24, 2.45) is 0 Å². The van der Waals surface area contributed by atoms with Crippen molar-refractivity contribution in [1.29, 1.82) is 0 Å². The summed E-state index contributed by atoms with van der Waals surface area (Å²) < 4.78 is 47.1. The molecule has 0 saturated carbocycles. The predicted octanol–water partition coefficient (Wildman–Crippen LogP) is -6.21. The molecule has 0 aromatic rings. The molecular formula is C3H4F3Li2O4P. The van der Waals surface area contributed by atoms with Crippen LogP contribution in [0.5, 0.6) is 0 Å². The van der Waals surface area contributed by atoms with E-state index < -0.39 is 20.1 Å². The molecule has 0 heterocycles. The van der Waals surface area contributed by atoms with Gasteiger partial charge in [0, 0.05) is 0 Å². The van der Waals surface area contributed by atoms with Gasteiger partial charge in [0.15, 0.2) is 6.10 Å². The normalized spacial score (nSPS) is 14.0. The maximum Gasteiger partial charge on any atom is 1.00 e. The maximum atomic E-state index is 11.5. The zero-order chi connectivity index (χ0) is 9.28. The van der Waals surface area contributed by atoms with Crippen molar-refractivity contribution in [3.05, 3.63) is 0 Å². The molecule has 13 heavy (non-hydrogen) atoms. The Bertz CT molecular complexity index is 180. The Morgan fingerprint density at radius 1 is 1.31 bits per heavy atom. The molecule has 0 aliphatic heterocycles. The van der Waals surface area contributed by atoms with Gasteiger partial charge in [-0.2, -0.15) is 13.2 Å². The van der Waals surface area contributed by atoms with Crippen molar-refractivity contribution >= 4 is 7.82 Å². The Hall–Kier alpha value is 1.09. The minimum atomic E-state index is -5.54. The van der Waals surface area contributed by atoms with Crippen LogP contribution >= 0.6 is 7.82 Å². The number of phosphoric ester groups is 1. The molecule has 1 atom stereocenters. The maximum absolute atomic E-state index is 11.5. The van der Waals surface area contributed by atoms with Crippen LogP contribution in [0, 0.1) is 0 Å². The van der Waals surface area contributed by atoms with Crippen molar-refractivity contribution in [3.63, 3.8) is 0 Å². The van der Waals surface area contributed by atoms with Crippen LogP contribution < -0.4 is 47.5 Å². The van der Waals surface area contributed by atoms with E-state index in [1.807, 2.05) is 0 Å². The summed E-state index contributed by atoms with van der Waals surface area (Å²) in [6, 6.07) is 0. The van der Waals surface area contributed by atoms with Gasteiger partial charge >= 0.3 is 43.9 Å². The summed E-state index contributed by atoms with van der Waals surface area (Å²) in [6.07, 6.45) is -7.41. The fourth-order valence-corrected chi connectivity index (χ4v) is 0.760. The van der Waals surface area contributed by atoms with Crippen LogP contribution in [-0.4, -0.2) is 12.3 Å². The fraction of sp³-hybridized carbons (Fsp3) is 1.00. The van der Waals surface area contributed by atoms with Crippen LogP contribution in [0.15, 0.2) is 0 Å². The van der Waals surface area contributed by atoms with Crippen molar-refractivity contribution in [2.45, 2.75) is 19.2 Å². The van der Waals surface area contributed by atoms with Gasteiger partial charge in [-0.3, -0.25) is 0 Å². The van der Waals surface area contributed by atoms with E-state index in [4.69, 9.17) is 0 Å². The first-order chi connectivity index (χ1) is 4.63. The average Bonchev–Trinajstić information content (AvgIpc) is 1.56. The molecule has 4 nitrogen and oxygen atoms in total. The molecule has 0 saturated heterocycles. The van der Waals surface area contributed by atoms with E-state index in [1.165, 1.54) is 0 Å². The average molecular weight is 206 g/mol. The molecular weight excluding hydrogens is 202 g/mol. The van der Waals surface area contributed by atoms with Crippen LogP contribution in [0.25, 0.3) is 0 Å². The molecule has 0 aromatic carbocycles. The first-order valence-electron chi connectivity index (χ1n) is 2.40. The van der Waals surface area contributed by atoms with Gasteiger partial charge in [0.05, 0.1) is 7.82 Å². The van der Waals surface area contributed by atoms with Gasteiger partial charge in [0.1, 0.15) is 0 Å². The van der Waals surface area contributed by atoms with Gasteiger partial charge in [-0.25, -0.2) is 0 Å². The van der Waals surface area contributed by atoms with Crippen molar-refractivity contribution in [3.8, 4) is 0 Å². The monoisotopic (exact) mass is 206 g/mol. The second-order valence-electron chi connectivity index (χ2n) is 1.74. The Labute approximate surface area is 96.8 Å². The van der Waals surface area contributed by atoms with E-state index in [1.54, 1.807) is 0 Å². The third-order valence-corrected chi connectivity index (χ3v) is 1.32. The molecule has 0 N–H and O–H groups in total. The molecule has 1 unspecified atom stereocenters. The van der Waals surface area contributed by atoms with Crippen molar-refractivity contribution < 1.29 is 69.8 Å². The van der Waals surface area contributed by atoms with Gasteiger partial charge in [-0.05, 0) is 6.92 Å². The number of rotatable bonds is 2. The largest absolute Gasteiger partial charge is 1.00 e. The summed E-state index contributed by atoms with van der Waals surface area (Å²) >= 11 is 0. The SMILES string of the molecule is CC(OP(=O)([O-])[O-])C(F)(F)F.[Li+].[Li+]. The van der Waals surface area contributed by atoms with Crippen LogP contribution in [0.1, 0.15) is 6.92 Å². The van der Waals surface area contributed by atoms with E-state index in [0.717, 1.165) is 0 Å². The second-order valence-corrected chi connectivity index (χ2v) is 2.84. The molecule has 0 radical (unpaired) electrons. The van der Waals surface area contributed by atoms with Crippen molar-refractivity contribution in [2.75, 3.05) is 0 Å². The van der Waals surface area contributed by atoms with Gasteiger partial charge in [-0.15, -0.1) is 0 Å². The predicted molar refractivity (Wildman–Crippen MR) is 24.2 cm³/mol. The summed E-state index contributed by atoms with van der Waals surface area (Å²) in [5, 5.41) is 0. The van der Waals surface area contributed by atoms with E-state index in [9.17, 15) is 27.5 Å². The molecule has 68 valence electrons. The summed E-state index contributed by atoms with van der Waals surface area (Å²) in [5.74, 6) is 0. The Morgan fingerprint density at radius 3 is 1.69 bits per heavy atom. The van der Waals surface area contributed by atoms with E-state index in [-0.39, 0.29) is 37.7 Å². The van der Waals surface area contributed by atoms with Crippen LogP contribution in [0.3, 0.4) is 0 Å². The summed E-state index contributed by atoms with van der Waals surface area (Å²) in [4.78, 5) is 19.3. The third kappa shape index (κ3) is 11.0. The zero-order valence-electron chi connectivity index (χ0n) is 7.29. The van der Waals surface area contributed by atoms with E-state index in [2.05, 4.69) is 4.52 Å². The Morgan fingerprint density at radius 2 is 1.62 bits per heavy atom. The zero-order valence-corrected chi connectivity index (χ0v) is 8.19. The minimum Gasteiger partial charge on any atom is -0.790 e. The summed E-state index contributed by atoms with van der Waals surface area (Å²) in [6.45, 7) is 0.433. The molecule has 0 aromatic heterocycles.